The molecule has 0 radical (unpaired) electrons. The van der Waals surface area contributed by atoms with Gasteiger partial charge >= 0.3 is 0 Å². The fourth-order valence-electron chi connectivity index (χ4n) is 3.84. The molecule has 3 atom stereocenters. The molecule has 35 heavy (non-hydrogen) atoms. The average molecular weight is 546 g/mol. The molecule has 0 fully saturated rings. The van der Waals surface area contributed by atoms with E-state index in [1.54, 1.807) is 35.4 Å². The van der Waals surface area contributed by atoms with Crippen molar-refractivity contribution < 1.29 is 31.5 Å². The maximum Gasteiger partial charge on any atom is 0.252 e. The van der Waals surface area contributed by atoms with E-state index in [-0.39, 0.29) is 47.8 Å². The van der Waals surface area contributed by atoms with Gasteiger partial charge in [0.2, 0.25) is 15.9 Å². The van der Waals surface area contributed by atoms with Crippen LogP contribution < -0.4 is 9.46 Å². The molecule has 0 unspecified atom stereocenters. The maximum absolute atomic E-state index is 13.2. The number of hydrogen-bond donors (Lipinski definition) is 2. The SMILES string of the molecule is C[C@@H]1CN([C@H](C)CO)C(=O)Cc2cc(NS(C)(=O)=O)ccc2O[C@H]1CN(C)S(=O)(=O)c1cccs1. The number of likely N-dealkylation sites (N-methyl/N-ethyl adjacent to an activating group) is 1. The number of aliphatic hydroxyl groups is 1. The topological polar surface area (TPSA) is 133 Å². The molecular formula is C22H31N3O7S3. The van der Waals surface area contributed by atoms with Crippen molar-refractivity contribution in [1.29, 1.82) is 0 Å². The monoisotopic (exact) mass is 545 g/mol. The number of nitrogens with one attached hydrogen (secondary N) is 1. The summed E-state index contributed by atoms with van der Waals surface area (Å²) in [7, 11) is -5.77. The van der Waals surface area contributed by atoms with Gasteiger partial charge in [-0.3, -0.25) is 9.52 Å². The minimum atomic E-state index is -3.72. The van der Waals surface area contributed by atoms with E-state index in [9.17, 15) is 26.7 Å². The van der Waals surface area contributed by atoms with E-state index in [2.05, 4.69) is 4.72 Å². The summed E-state index contributed by atoms with van der Waals surface area (Å²) >= 11 is 1.13. The van der Waals surface area contributed by atoms with Crippen LogP contribution in [0.3, 0.4) is 0 Å². The van der Waals surface area contributed by atoms with Gasteiger partial charge in [-0.15, -0.1) is 11.3 Å². The summed E-state index contributed by atoms with van der Waals surface area (Å²) in [6.07, 6.45) is 0.339. The number of thiophene rings is 1. The number of aliphatic hydroxyl groups excluding tert-OH is 1. The van der Waals surface area contributed by atoms with Crippen LogP contribution in [0.1, 0.15) is 19.4 Å². The number of anilines is 1. The molecule has 13 heteroatoms. The zero-order valence-corrected chi connectivity index (χ0v) is 22.5. The van der Waals surface area contributed by atoms with Crippen molar-refractivity contribution in [3.63, 3.8) is 0 Å². The highest BCUT2D eigenvalue weighted by Gasteiger charge is 2.33. The first kappa shape index (κ1) is 27.4. The number of rotatable bonds is 8. The number of hydrogen-bond acceptors (Lipinski definition) is 8. The fraction of sp³-hybridized carbons (Fsp3) is 0.500. The van der Waals surface area contributed by atoms with Crippen molar-refractivity contribution in [1.82, 2.24) is 9.21 Å². The molecule has 0 spiro atoms. The van der Waals surface area contributed by atoms with E-state index in [4.69, 9.17) is 4.74 Å². The minimum absolute atomic E-state index is 0.0275. The molecule has 2 N–H and O–H groups in total. The lowest BCUT2D eigenvalue weighted by molar-refractivity contribution is -0.134. The van der Waals surface area contributed by atoms with Gasteiger partial charge in [0.05, 0.1) is 31.9 Å². The van der Waals surface area contributed by atoms with E-state index in [1.165, 1.54) is 23.5 Å². The zero-order valence-electron chi connectivity index (χ0n) is 20.0. The fourth-order valence-corrected chi connectivity index (χ4v) is 6.78. The molecule has 194 valence electrons. The standard InChI is InChI=1S/C22H31N3O7S3/c1-15-12-25(16(2)14-26)21(27)11-17-10-18(23-34(4,28)29)7-8-19(17)32-20(15)13-24(3)35(30,31)22-6-5-9-33-22/h5-10,15-16,20,23,26H,11-14H2,1-4H3/t15-,16-,20+/m1/s1. The third-order valence-electron chi connectivity index (χ3n) is 5.82. The van der Waals surface area contributed by atoms with Crippen LogP contribution in [0.2, 0.25) is 0 Å². The third kappa shape index (κ3) is 6.73. The molecule has 0 saturated carbocycles. The van der Waals surface area contributed by atoms with Gasteiger partial charge < -0.3 is 14.7 Å². The summed E-state index contributed by atoms with van der Waals surface area (Å²) in [5.74, 6) is -0.164. The van der Waals surface area contributed by atoms with Crippen molar-refractivity contribution in [3.05, 3.63) is 41.3 Å². The minimum Gasteiger partial charge on any atom is -0.488 e. The highest BCUT2D eigenvalue weighted by molar-refractivity contribution is 7.92. The predicted molar refractivity (Wildman–Crippen MR) is 135 cm³/mol. The first-order valence-corrected chi connectivity index (χ1v) is 15.2. The molecule has 1 amide bonds. The van der Waals surface area contributed by atoms with Gasteiger partial charge in [-0.1, -0.05) is 13.0 Å². The lowest BCUT2D eigenvalue weighted by Crippen LogP contribution is -2.48. The summed E-state index contributed by atoms with van der Waals surface area (Å²) in [6.45, 7) is 3.64. The Morgan fingerprint density at radius 3 is 2.60 bits per heavy atom. The van der Waals surface area contributed by atoms with Gasteiger partial charge in [-0.25, -0.2) is 16.8 Å². The van der Waals surface area contributed by atoms with Gasteiger partial charge in [0.1, 0.15) is 16.1 Å². The van der Waals surface area contributed by atoms with Crippen molar-refractivity contribution in [2.45, 2.75) is 36.6 Å². The average Bonchev–Trinajstić information content (AvgIpc) is 3.32. The Kier molecular flexibility index (Phi) is 8.48. The smallest absolute Gasteiger partial charge is 0.252 e. The molecule has 2 aromatic rings. The number of carbonyl (C=O) groups excluding carboxylic acids is 1. The Bertz CT molecular complexity index is 1250. The molecule has 0 aliphatic carbocycles. The number of carbonyl (C=O) groups is 1. The normalized spacial score (nSPS) is 20.4. The molecule has 2 heterocycles. The Morgan fingerprint density at radius 1 is 1.29 bits per heavy atom. The van der Waals surface area contributed by atoms with E-state index >= 15 is 0 Å². The first-order chi connectivity index (χ1) is 16.3. The summed E-state index contributed by atoms with van der Waals surface area (Å²) in [4.78, 5) is 14.7. The molecule has 1 aromatic carbocycles. The van der Waals surface area contributed by atoms with Gasteiger partial charge in [0, 0.05) is 30.8 Å². The molecule has 0 bridgehead atoms. The van der Waals surface area contributed by atoms with Crippen LogP contribution in [-0.2, 0) is 31.3 Å². The van der Waals surface area contributed by atoms with Crippen molar-refractivity contribution in [3.8, 4) is 5.75 Å². The second-order valence-corrected chi connectivity index (χ2v) is 13.8. The maximum atomic E-state index is 13.2. The molecule has 1 aliphatic heterocycles. The second kappa shape index (κ2) is 10.8. The highest BCUT2D eigenvalue weighted by atomic mass is 32.2. The zero-order chi connectivity index (χ0) is 26.0. The number of nitrogens with zero attached hydrogens (tertiary/aromatic N) is 2. The molecule has 1 aromatic heterocycles. The summed E-state index contributed by atoms with van der Waals surface area (Å²) in [5, 5.41) is 11.4. The van der Waals surface area contributed by atoms with Crippen LogP contribution in [0.15, 0.2) is 39.9 Å². The number of amides is 1. The van der Waals surface area contributed by atoms with Crippen LogP contribution in [0.4, 0.5) is 5.69 Å². The van der Waals surface area contributed by atoms with Crippen LogP contribution in [0.5, 0.6) is 5.75 Å². The van der Waals surface area contributed by atoms with Gasteiger partial charge in [0.25, 0.3) is 10.0 Å². The molecule has 0 saturated heterocycles. The van der Waals surface area contributed by atoms with Crippen LogP contribution in [0.25, 0.3) is 0 Å². The van der Waals surface area contributed by atoms with Gasteiger partial charge in [-0.2, -0.15) is 4.31 Å². The van der Waals surface area contributed by atoms with Crippen LogP contribution in [-0.4, -0.2) is 82.2 Å². The van der Waals surface area contributed by atoms with Gasteiger partial charge in [-0.05, 0) is 36.6 Å². The number of ether oxygens (including phenoxy) is 1. The number of sulfonamides is 2. The second-order valence-electron chi connectivity index (χ2n) is 8.80. The summed E-state index contributed by atoms with van der Waals surface area (Å²) in [5.41, 5.74) is 0.743. The van der Waals surface area contributed by atoms with Crippen molar-refractivity contribution in [2.75, 3.05) is 37.7 Å². The van der Waals surface area contributed by atoms with Crippen molar-refractivity contribution >= 4 is 43.0 Å². The van der Waals surface area contributed by atoms with E-state index in [0.29, 0.717) is 11.3 Å². The van der Waals surface area contributed by atoms with Crippen LogP contribution in [0, 0.1) is 5.92 Å². The van der Waals surface area contributed by atoms with E-state index < -0.39 is 32.2 Å². The Morgan fingerprint density at radius 2 is 2.00 bits per heavy atom. The van der Waals surface area contributed by atoms with E-state index in [1.807, 2.05) is 6.92 Å². The van der Waals surface area contributed by atoms with Gasteiger partial charge in [0.15, 0.2) is 0 Å². The molecular weight excluding hydrogens is 514 g/mol. The summed E-state index contributed by atoms with van der Waals surface area (Å²) < 4.78 is 59.5. The molecule has 1 aliphatic rings. The number of fused-ring (bicyclic) bond motifs is 1. The predicted octanol–water partition coefficient (Wildman–Crippen LogP) is 1.59. The van der Waals surface area contributed by atoms with Crippen LogP contribution >= 0.6 is 11.3 Å². The number of benzene rings is 1. The third-order valence-corrected chi connectivity index (χ3v) is 9.62. The lowest BCUT2D eigenvalue weighted by Gasteiger charge is -2.33. The van der Waals surface area contributed by atoms with Crippen molar-refractivity contribution in [2.24, 2.45) is 5.92 Å². The Balaban J connectivity index is 1.99. The largest absolute Gasteiger partial charge is 0.488 e. The lowest BCUT2D eigenvalue weighted by atomic mass is 10.0. The van der Waals surface area contributed by atoms with E-state index in [0.717, 1.165) is 17.6 Å². The Labute approximate surface area is 210 Å². The summed E-state index contributed by atoms with van der Waals surface area (Å²) in [6, 6.07) is 7.40. The quantitative estimate of drug-likeness (QED) is 0.515. The molecule has 3 rings (SSSR count). The highest BCUT2D eigenvalue weighted by Crippen LogP contribution is 2.30. The Hall–Kier alpha value is -2.19. The molecule has 10 nitrogen and oxygen atoms in total. The first-order valence-electron chi connectivity index (χ1n) is 11.0.